The summed E-state index contributed by atoms with van der Waals surface area (Å²) in [5, 5.41) is 12.2. The number of amides is 1. The summed E-state index contributed by atoms with van der Waals surface area (Å²) in [4.78, 5) is 50.2. The first-order valence-electron chi connectivity index (χ1n) is 10.1. The molecule has 0 aliphatic rings. The summed E-state index contributed by atoms with van der Waals surface area (Å²) in [5.74, 6) is -4.21. The molecule has 0 aromatic heterocycles. The number of carbonyl (C=O) groups excluding carboxylic acids is 3. The Morgan fingerprint density at radius 3 is 1.76 bits per heavy atom. The van der Waals surface area contributed by atoms with Crippen LogP contribution in [0.1, 0.15) is 20.7 Å². The highest BCUT2D eigenvalue weighted by molar-refractivity contribution is 6.01. The van der Waals surface area contributed by atoms with Crippen LogP contribution in [0.3, 0.4) is 0 Å². The molecule has 0 unspecified atom stereocenters. The number of nitrogens with one attached hydrogen (secondary N) is 1. The van der Waals surface area contributed by atoms with Crippen molar-refractivity contribution in [2.24, 2.45) is 0 Å². The molecule has 3 aromatic carbocycles. The van der Waals surface area contributed by atoms with Crippen molar-refractivity contribution in [1.29, 1.82) is 0 Å². The average molecular weight is 463 g/mol. The minimum absolute atomic E-state index is 0.0649. The summed E-state index contributed by atoms with van der Waals surface area (Å²) in [5.41, 5.74) is 0.402. The van der Waals surface area contributed by atoms with Gasteiger partial charge < -0.3 is 24.6 Å². The molecule has 174 valence electrons. The number of anilines is 1. The molecular weight excluding hydrogens is 442 g/mol. The second kappa shape index (κ2) is 11.3. The van der Waals surface area contributed by atoms with Gasteiger partial charge in [-0.2, -0.15) is 0 Å². The minimum Gasteiger partial charge on any atom is -0.497 e. The molecule has 0 saturated carbocycles. The van der Waals surface area contributed by atoms with Crippen molar-refractivity contribution in [2.45, 2.75) is 12.2 Å². The van der Waals surface area contributed by atoms with Crippen LogP contribution >= 0.6 is 0 Å². The van der Waals surface area contributed by atoms with E-state index < -0.39 is 36.0 Å². The van der Waals surface area contributed by atoms with Crippen molar-refractivity contribution in [3.05, 3.63) is 96.1 Å². The number of methoxy groups -OCH3 is 1. The number of carboxylic acid groups (broad SMARTS) is 1. The summed E-state index contributed by atoms with van der Waals surface area (Å²) >= 11 is 0. The van der Waals surface area contributed by atoms with E-state index in [1.165, 1.54) is 43.5 Å². The highest BCUT2D eigenvalue weighted by Gasteiger charge is 2.41. The van der Waals surface area contributed by atoms with E-state index in [0.717, 1.165) is 0 Å². The van der Waals surface area contributed by atoms with E-state index in [9.17, 15) is 24.3 Å². The van der Waals surface area contributed by atoms with Crippen molar-refractivity contribution in [1.82, 2.24) is 0 Å². The lowest BCUT2D eigenvalue weighted by Gasteiger charge is -2.23. The Bertz CT molecular complexity index is 1160. The second-order valence-corrected chi connectivity index (χ2v) is 6.94. The molecule has 0 fully saturated rings. The van der Waals surface area contributed by atoms with Crippen molar-refractivity contribution in [3.63, 3.8) is 0 Å². The molecule has 9 heteroatoms. The summed E-state index contributed by atoms with van der Waals surface area (Å²) in [7, 11) is 1.44. The van der Waals surface area contributed by atoms with Gasteiger partial charge in [-0.05, 0) is 36.4 Å². The molecule has 0 heterocycles. The maximum atomic E-state index is 13.1. The molecule has 3 aromatic rings. The van der Waals surface area contributed by atoms with Crippen LogP contribution in [0.4, 0.5) is 5.69 Å². The van der Waals surface area contributed by atoms with Gasteiger partial charge in [0.25, 0.3) is 5.91 Å². The second-order valence-electron chi connectivity index (χ2n) is 6.94. The zero-order valence-corrected chi connectivity index (χ0v) is 18.0. The highest BCUT2D eigenvalue weighted by Crippen LogP contribution is 2.19. The maximum Gasteiger partial charge on any atom is 0.349 e. The lowest BCUT2D eigenvalue weighted by atomic mass is 10.1. The lowest BCUT2D eigenvalue weighted by molar-refractivity contribution is -0.157. The van der Waals surface area contributed by atoms with Crippen LogP contribution in [-0.4, -0.2) is 48.2 Å². The number of esters is 2. The van der Waals surface area contributed by atoms with Gasteiger partial charge in [-0.1, -0.05) is 42.5 Å². The third kappa shape index (κ3) is 6.19. The quantitative estimate of drug-likeness (QED) is 0.463. The fourth-order valence-electron chi connectivity index (χ4n) is 2.92. The van der Waals surface area contributed by atoms with Gasteiger partial charge in [-0.15, -0.1) is 0 Å². The zero-order valence-electron chi connectivity index (χ0n) is 18.0. The zero-order chi connectivity index (χ0) is 24.5. The van der Waals surface area contributed by atoms with Crippen LogP contribution in [0.15, 0.2) is 84.9 Å². The molecule has 0 aliphatic heterocycles. The number of carbonyl (C=O) groups is 4. The number of benzene rings is 3. The summed E-state index contributed by atoms with van der Waals surface area (Å²) < 4.78 is 15.5. The normalized spacial score (nSPS) is 12.0. The molecule has 0 radical (unpaired) electrons. The number of rotatable bonds is 9. The van der Waals surface area contributed by atoms with Crippen LogP contribution in [-0.2, 0) is 19.1 Å². The third-order valence-corrected chi connectivity index (χ3v) is 4.60. The van der Waals surface area contributed by atoms with E-state index >= 15 is 0 Å². The van der Waals surface area contributed by atoms with Gasteiger partial charge in [-0.3, -0.25) is 4.79 Å². The molecule has 1 amide bonds. The summed E-state index contributed by atoms with van der Waals surface area (Å²) in [6, 6.07) is 21.6. The predicted octanol–water partition coefficient (Wildman–Crippen LogP) is 3.17. The van der Waals surface area contributed by atoms with Crippen LogP contribution in [0.25, 0.3) is 0 Å². The fourth-order valence-corrected chi connectivity index (χ4v) is 2.92. The van der Waals surface area contributed by atoms with Gasteiger partial charge in [-0.25, -0.2) is 14.4 Å². The number of hydrogen-bond donors (Lipinski definition) is 2. The van der Waals surface area contributed by atoms with Crippen molar-refractivity contribution < 1.29 is 38.5 Å². The van der Waals surface area contributed by atoms with Gasteiger partial charge in [0.2, 0.25) is 12.2 Å². The number of carboxylic acids is 1. The van der Waals surface area contributed by atoms with E-state index in [2.05, 4.69) is 5.32 Å². The van der Waals surface area contributed by atoms with Gasteiger partial charge in [0.15, 0.2) is 0 Å². The summed E-state index contributed by atoms with van der Waals surface area (Å²) in [6.45, 7) is 0. The van der Waals surface area contributed by atoms with E-state index in [0.29, 0.717) is 5.75 Å². The monoisotopic (exact) mass is 463 g/mol. The van der Waals surface area contributed by atoms with Gasteiger partial charge >= 0.3 is 17.9 Å². The SMILES string of the molecule is COc1cccc(NC(=O)[C@@H](OC(=O)c2ccccc2)[C@@H](OC(=O)c2ccccc2)C(=O)O)c1. The van der Waals surface area contributed by atoms with Gasteiger partial charge in [0.05, 0.1) is 18.2 Å². The molecule has 3 rings (SSSR count). The van der Waals surface area contributed by atoms with Crippen LogP contribution in [0.5, 0.6) is 5.75 Å². The lowest BCUT2D eigenvalue weighted by Crippen LogP contribution is -2.48. The standard InChI is InChI=1S/C25H21NO8/c1-32-19-14-8-13-18(15-19)26-22(27)20(33-24(30)16-9-4-2-5-10-16)21(23(28)29)34-25(31)17-11-6-3-7-12-17/h2-15,20-21H,1H3,(H,26,27)(H,28,29)/t20-,21+/m0/s1. The molecule has 0 aliphatic carbocycles. The van der Waals surface area contributed by atoms with Crippen LogP contribution in [0.2, 0.25) is 0 Å². The fraction of sp³-hybridized carbons (Fsp3) is 0.120. The first-order valence-corrected chi connectivity index (χ1v) is 10.1. The largest absolute Gasteiger partial charge is 0.497 e. The van der Waals surface area contributed by atoms with E-state index in [-0.39, 0.29) is 16.8 Å². The van der Waals surface area contributed by atoms with Crippen LogP contribution < -0.4 is 10.1 Å². The van der Waals surface area contributed by atoms with E-state index in [4.69, 9.17) is 14.2 Å². The Labute approximate surface area is 194 Å². The molecule has 0 saturated heterocycles. The molecule has 34 heavy (non-hydrogen) atoms. The van der Waals surface area contributed by atoms with E-state index in [1.54, 1.807) is 48.5 Å². The maximum absolute atomic E-state index is 13.1. The smallest absolute Gasteiger partial charge is 0.349 e. The first-order chi connectivity index (χ1) is 16.4. The third-order valence-electron chi connectivity index (χ3n) is 4.60. The first kappa shape index (κ1) is 24.0. The Morgan fingerprint density at radius 1 is 0.735 bits per heavy atom. The Morgan fingerprint density at radius 2 is 1.26 bits per heavy atom. The minimum atomic E-state index is -2.12. The predicted molar refractivity (Wildman–Crippen MR) is 121 cm³/mol. The number of aliphatic carboxylic acids is 1. The Balaban J connectivity index is 1.90. The Kier molecular flexibility index (Phi) is 7.96. The topological polar surface area (TPSA) is 128 Å². The van der Waals surface area contributed by atoms with Crippen molar-refractivity contribution in [2.75, 3.05) is 12.4 Å². The Hall–Kier alpha value is -4.66. The highest BCUT2D eigenvalue weighted by atomic mass is 16.6. The van der Waals surface area contributed by atoms with Crippen molar-refractivity contribution >= 4 is 29.5 Å². The molecule has 9 nitrogen and oxygen atoms in total. The van der Waals surface area contributed by atoms with Crippen LogP contribution in [0, 0.1) is 0 Å². The molecule has 2 N–H and O–H groups in total. The van der Waals surface area contributed by atoms with Gasteiger partial charge in [0, 0.05) is 11.8 Å². The molecule has 0 bridgehead atoms. The van der Waals surface area contributed by atoms with E-state index in [1.807, 2.05) is 0 Å². The van der Waals surface area contributed by atoms with Gasteiger partial charge in [0.1, 0.15) is 5.75 Å². The summed E-state index contributed by atoms with van der Waals surface area (Å²) in [6.07, 6.45) is -4.12. The number of ether oxygens (including phenoxy) is 3. The molecule has 2 atom stereocenters. The van der Waals surface area contributed by atoms with Crippen molar-refractivity contribution in [3.8, 4) is 5.75 Å². The molecule has 0 spiro atoms. The average Bonchev–Trinajstić information content (AvgIpc) is 2.86. The molecular formula is C25H21NO8. The number of hydrogen-bond acceptors (Lipinski definition) is 7.